The second kappa shape index (κ2) is 16.6. The van der Waals surface area contributed by atoms with E-state index in [-0.39, 0.29) is 5.41 Å². The van der Waals surface area contributed by atoms with Gasteiger partial charge in [0, 0.05) is 18.0 Å². The molecular weight excluding hydrogens is 450 g/mol. The molecule has 1 aromatic carbocycles. The number of benzene rings is 1. The zero-order chi connectivity index (χ0) is 26.2. The summed E-state index contributed by atoms with van der Waals surface area (Å²) in [6.07, 6.45) is 27.7. The van der Waals surface area contributed by atoms with Crippen LogP contribution in [0.5, 0.6) is 0 Å². The van der Waals surface area contributed by atoms with Crippen molar-refractivity contribution in [3.8, 4) is 17.5 Å². The Labute approximate surface area is 227 Å². The molecule has 3 heteroatoms. The quantitative estimate of drug-likeness (QED) is 0.202. The topological polar surface area (TPSA) is 49.6 Å². The Morgan fingerprint density at radius 3 is 1.86 bits per heavy atom. The first-order chi connectivity index (χ1) is 18.2. The Morgan fingerprint density at radius 2 is 1.30 bits per heavy atom. The molecule has 37 heavy (non-hydrogen) atoms. The van der Waals surface area contributed by atoms with E-state index in [2.05, 4.69) is 54.2 Å². The summed E-state index contributed by atoms with van der Waals surface area (Å²) in [5, 5.41) is 10.00. The van der Waals surface area contributed by atoms with Crippen molar-refractivity contribution in [3.05, 3.63) is 47.8 Å². The zero-order valence-electron chi connectivity index (χ0n) is 23.8. The minimum absolute atomic E-state index is 0.0791. The summed E-state index contributed by atoms with van der Waals surface area (Å²) in [4.78, 5) is 9.30. The van der Waals surface area contributed by atoms with Crippen LogP contribution in [0, 0.1) is 16.7 Å². The number of aromatic nitrogens is 2. The van der Waals surface area contributed by atoms with E-state index in [1.807, 2.05) is 12.4 Å². The fourth-order valence-corrected chi connectivity index (χ4v) is 5.99. The highest BCUT2D eigenvalue weighted by molar-refractivity contribution is 5.55. The number of hydrogen-bond donors (Lipinski definition) is 0. The van der Waals surface area contributed by atoms with Crippen molar-refractivity contribution in [1.29, 1.82) is 5.26 Å². The molecule has 1 aromatic heterocycles. The van der Waals surface area contributed by atoms with E-state index in [1.165, 1.54) is 94.6 Å². The van der Waals surface area contributed by atoms with E-state index in [4.69, 9.17) is 0 Å². The van der Waals surface area contributed by atoms with E-state index in [1.54, 1.807) is 0 Å². The first-order valence-corrected chi connectivity index (χ1v) is 15.5. The first-order valence-electron chi connectivity index (χ1n) is 15.5. The van der Waals surface area contributed by atoms with Crippen LogP contribution in [0.2, 0.25) is 0 Å². The van der Waals surface area contributed by atoms with Gasteiger partial charge in [-0.05, 0) is 62.0 Å². The van der Waals surface area contributed by atoms with Crippen molar-refractivity contribution < 1.29 is 0 Å². The van der Waals surface area contributed by atoms with Gasteiger partial charge < -0.3 is 0 Å². The number of nitrogens with zero attached hydrogens (tertiary/aromatic N) is 3. The van der Waals surface area contributed by atoms with Crippen LogP contribution in [0.15, 0.2) is 36.7 Å². The smallest absolute Gasteiger partial charge is 0.159 e. The molecule has 1 aliphatic carbocycles. The van der Waals surface area contributed by atoms with Crippen molar-refractivity contribution in [2.24, 2.45) is 5.41 Å². The summed E-state index contributed by atoms with van der Waals surface area (Å²) in [5.41, 5.74) is 3.66. The van der Waals surface area contributed by atoms with Crippen molar-refractivity contribution in [1.82, 2.24) is 9.97 Å². The SMILES string of the molecule is CCCCCCCCCCC1(C#N)CCC(c2ccc(-c3ncc(CCCCCCC)cn3)cc2)CC1. The van der Waals surface area contributed by atoms with Gasteiger partial charge in [0.25, 0.3) is 0 Å². The molecule has 0 bridgehead atoms. The average molecular weight is 502 g/mol. The third-order valence-corrected chi connectivity index (χ3v) is 8.60. The fraction of sp³-hybridized carbons (Fsp3) is 0.676. The standard InChI is InChI=1S/C34H51N3/c1-3-5-7-9-10-11-13-15-23-34(28-35)24-21-31(22-25-34)30-17-19-32(20-18-30)33-36-26-29(27-37-33)16-14-12-8-6-4-2/h17-20,26-27,31H,3-16,21-25H2,1-2H3. The number of unbranched alkanes of at least 4 members (excludes halogenated alkanes) is 11. The summed E-state index contributed by atoms with van der Waals surface area (Å²) < 4.78 is 0. The highest BCUT2D eigenvalue weighted by atomic mass is 14.9. The maximum atomic E-state index is 10.00. The van der Waals surface area contributed by atoms with Crippen LogP contribution >= 0.6 is 0 Å². The Hall–Kier alpha value is -2.21. The average Bonchev–Trinajstić information content (AvgIpc) is 2.95. The van der Waals surface area contributed by atoms with Crippen LogP contribution in [0.1, 0.15) is 146 Å². The molecule has 2 aromatic rings. The van der Waals surface area contributed by atoms with Crippen LogP contribution < -0.4 is 0 Å². The lowest BCUT2D eigenvalue weighted by atomic mass is 9.67. The predicted octanol–water partition coefficient (Wildman–Crippen LogP) is 10.4. The predicted molar refractivity (Wildman–Crippen MR) is 156 cm³/mol. The van der Waals surface area contributed by atoms with Crippen molar-refractivity contribution in [2.75, 3.05) is 0 Å². The van der Waals surface area contributed by atoms with Gasteiger partial charge >= 0.3 is 0 Å². The lowest BCUT2D eigenvalue weighted by molar-refractivity contribution is 0.222. The van der Waals surface area contributed by atoms with Crippen molar-refractivity contribution >= 4 is 0 Å². The Morgan fingerprint density at radius 1 is 0.757 bits per heavy atom. The molecule has 0 aliphatic heterocycles. The molecule has 202 valence electrons. The van der Waals surface area contributed by atoms with Crippen LogP contribution in [-0.4, -0.2) is 9.97 Å². The molecule has 0 radical (unpaired) electrons. The molecule has 0 unspecified atom stereocenters. The van der Waals surface area contributed by atoms with Gasteiger partial charge in [-0.15, -0.1) is 0 Å². The molecule has 0 N–H and O–H groups in total. The molecule has 1 fully saturated rings. The molecule has 0 saturated heterocycles. The Balaban J connectivity index is 1.41. The van der Waals surface area contributed by atoms with Gasteiger partial charge in [0.2, 0.25) is 0 Å². The van der Waals surface area contributed by atoms with Crippen LogP contribution in [0.3, 0.4) is 0 Å². The lowest BCUT2D eigenvalue weighted by Gasteiger charge is -2.35. The molecule has 3 nitrogen and oxygen atoms in total. The summed E-state index contributed by atoms with van der Waals surface area (Å²) in [6.45, 7) is 4.53. The molecule has 0 amide bonds. The van der Waals surface area contributed by atoms with Crippen molar-refractivity contribution in [2.45, 2.75) is 142 Å². The monoisotopic (exact) mass is 501 g/mol. The second-order valence-electron chi connectivity index (χ2n) is 11.6. The minimum atomic E-state index is -0.0791. The van der Waals surface area contributed by atoms with Gasteiger partial charge in [-0.25, -0.2) is 9.97 Å². The van der Waals surface area contributed by atoms with Gasteiger partial charge in [0.1, 0.15) is 0 Å². The fourth-order valence-electron chi connectivity index (χ4n) is 5.99. The minimum Gasteiger partial charge on any atom is -0.236 e. The highest BCUT2D eigenvalue weighted by Gasteiger charge is 2.35. The van der Waals surface area contributed by atoms with Crippen LogP contribution in [0.4, 0.5) is 0 Å². The van der Waals surface area contributed by atoms with E-state index >= 15 is 0 Å². The Kier molecular flexibility index (Phi) is 13.2. The van der Waals surface area contributed by atoms with E-state index in [0.29, 0.717) is 5.92 Å². The maximum Gasteiger partial charge on any atom is 0.159 e. The van der Waals surface area contributed by atoms with Gasteiger partial charge in [-0.3, -0.25) is 0 Å². The molecule has 3 rings (SSSR count). The third kappa shape index (κ3) is 9.88. The molecule has 1 heterocycles. The number of hydrogen-bond acceptors (Lipinski definition) is 3. The van der Waals surface area contributed by atoms with Crippen LogP contribution in [-0.2, 0) is 6.42 Å². The van der Waals surface area contributed by atoms with E-state index < -0.39 is 0 Å². The maximum absolute atomic E-state index is 10.00. The van der Waals surface area contributed by atoms with E-state index in [9.17, 15) is 5.26 Å². The third-order valence-electron chi connectivity index (χ3n) is 8.60. The summed E-state index contributed by atoms with van der Waals surface area (Å²) >= 11 is 0. The molecular formula is C34H51N3. The van der Waals surface area contributed by atoms with Crippen molar-refractivity contribution in [3.63, 3.8) is 0 Å². The molecule has 1 saturated carbocycles. The largest absolute Gasteiger partial charge is 0.236 e. The number of nitriles is 1. The number of rotatable bonds is 17. The highest BCUT2D eigenvalue weighted by Crippen LogP contribution is 2.45. The number of aryl methyl sites for hydroxylation is 1. The molecule has 0 spiro atoms. The normalized spacial score (nSPS) is 19.5. The summed E-state index contributed by atoms with van der Waals surface area (Å²) in [7, 11) is 0. The van der Waals surface area contributed by atoms with Crippen LogP contribution in [0.25, 0.3) is 11.4 Å². The first kappa shape index (κ1) is 29.3. The molecule has 1 aliphatic rings. The van der Waals surface area contributed by atoms with Gasteiger partial charge in [-0.2, -0.15) is 5.26 Å². The van der Waals surface area contributed by atoms with Gasteiger partial charge in [-0.1, -0.05) is 115 Å². The van der Waals surface area contributed by atoms with Gasteiger partial charge in [0.05, 0.1) is 11.5 Å². The second-order valence-corrected chi connectivity index (χ2v) is 11.6. The van der Waals surface area contributed by atoms with E-state index in [0.717, 1.165) is 49.9 Å². The summed E-state index contributed by atoms with van der Waals surface area (Å²) in [6, 6.07) is 11.6. The zero-order valence-corrected chi connectivity index (χ0v) is 23.8. The van der Waals surface area contributed by atoms with Gasteiger partial charge in [0.15, 0.2) is 5.82 Å². The molecule has 0 atom stereocenters. The summed E-state index contributed by atoms with van der Waals surface area (Å²) in [5.74, 6) is 1.39. The lowest BCUT2D eigenvalue weighted by Crippen LogP contribution is -2.25. The Bertz CT molecular complexity index is 902.